The van der Waals surface area contributed by atoms with Crippen molar-refractivity contribution in [2.45, 2.75) is 69.2 Å². The maximum absolute atomic E-state index is 14.0. The number of benzene rings is 1. The van der Waals surface area contributed by atoms with Crippen molar-refractivity contribution in [3.63, 3.8) is 0 Å². The van der Waals surface area contributed by atoms with E-state index in [9.17, 15) is 34.2 Å². The number of likely N-dealkylation sites (N-methyl/N-ethyl adjacent to an activating group) is 1. The number of methoxy groups -OCH3 is 1. The number of aromatic hydroxyl groups is 1. The van der Waals surface area contributed by atoms with Crippen LogP contribution >= 0.6 is 0 Å². The van der Waals surface area contributed by atoms with E-state index in [1.165, 1.54) is 37.3 Å². The molecule has 4 N–H and O–H groups in total. The van der Waals surface area contributed by atoms with Gasteiger partial charge in [0, 0.05) is 36.2 Å². The van der Waals surface area contributed by atoms with Crippen molar-refractivity contribution in [2.24, 2.45) is 35.3 Å². The number of aliphatic hydroxyl groups is 1. The van der Waals surface area contributed by atoms with Crippen LogP contribution in [-0.4, -0.2) is 94.5 Å². The average molecular weight is 582 g/mol. The quantitative estimate of drug-likeness (QED) is 0.371. The number of primary amides is 1. The number of ether oxygens (including phenoxy) is 1. The van der Waals surface area contributed by atoms with Gasteiger partial charge in [-0.15, -0.1) is 0 Å². The minimum Gasteiger partial charge on any atom is -0.507 e. The lowest BCUT2D eigenvalue weighted by Crippen LogP contribution is -2.74. The topological polar surface area (TPSA) is 168 Å². The molecule has 226 valence electrons. The minimum atomic E-state index is -2.73. The molecule has 4 fully saturated rings. The Kier molecular flexibility index (Phi) is 7.06. The highest BCUT2D eigenvalue weighted by molar-refractivity contribution is 6.32. The molecule has 6 atom stereocenters. The van der Waals surface area contributed by atoms with E-state index in [1.807, 2.05) is 0 Å². The maximum Gasteiger partial charge on any atom is 0.235 e. The molecule has 2 unspecified atom stereocenters. The van der Waals surface area contributed by atoms with Gasteiger partial charge in [0.1, 0.15) is 11.5 Å². The number of carbonyl (C=O) groups excluding carboxylic acids is 5. The monoisotopic (exact) mass is 581 g/mol. The molecule has 0 saturated heterocycles. The van der Waals surface area contributed by atoms with Crippen LogP contribution in [0.2, 0.25) is 0 Å². The maximum atomic E-state index is 14.0. The van der Waals surface area contributed by atoms with Gasteiger partial charge in [0.2, 0.25) is 5.91 Å². The van der Waals surface area contributed by atoms with Crippen molar-refractivity contribution in [1.82, 2.24) is 9.80 Å². The Morgan fingerprint density at radius 3 is 2.36 bits per heavy atom. The van der Waals surface area contributed by atoms with Crippen LogP contribution in [0.4, 0.5) is 0 Å². The molecule has 6 rings (SSSR count). The van der Waals surface area contributed by atoms with Crippen LogP contribution in [0.1, 0.15) is 60.0 Å². The summed E-state index contributed by atoms with van der Waals surface area (Å²) in [5, 5.41) is 22.9. The number of fused-ring (bicyclic) bond motifs is 3. The third-order valence-corrected chi connectivity index (χ3v) is 10.4. The number of hydrogen-bond acceptors (Lipinski definition) is 10. The molecular formula is C31H39N3O8. The van der Waals surface area contributed by atoms with Crippen LogP contribution in [0.15, 0.2) is 6.07 Å². The molecule has 0 heterocycles. The number of nitrogens with two attached hydrogens (primary N) is 1. The second kappa shape index (κ2) is 10.2. The summed E-state index contributed by atoms with van der Waals surface area (Å²) in [5.41, 5.74) is 3.88. The number of hydrogen-bond donors (Lipinski definition) is 3. The molecule has 5 aliphatic rings. The Morgan fingerprint density at radius 2 is 1.81 bits per heavy atom. The van der Waals surface area contributed by atoms with Gasteiger partial charge < -0.3 is 20.7 Å². The molecule has 1 aromatic rings. The molecule has 0 bridgehead atoms. The van der Waals surface area contributed by atoms with Crippen LogP contribution in [0.25, 0.3) is 0 Å². The van der Waals surface area contributed by atoms with Gasteiger partial charge >= 0.3 is 0 Å². The number of Topliss-reactive ketones (excluding diaryl/α,β-unsaturated/α-hetero) is 4. The first kappa shape index (κ1) is 28.9. The van der Waals surface area contributed by atoms with E-state index in [0.29, 0.717) is 29.8 Å². The fourth-order valence-electron chi connectivity index (χ4n) is 8.03. The second-order valence-electron chi connectivity index (χ2n) is 13.2. The summed E-state index contributed by atoms with van der Waals surface area (Å²) in [6.45, 7) is 1.54. The van der Waals surface area contributed by atoms with E-state index in [2.05, 4.69) is 4.90 Å². The van der Waals surface area contributed by atoms with E-state index in [0.717, 1.165) is 24.9 Å². The Bertz CT molecular complexity index is 1380. The summed E-state index contributed by atoms with van der Waals surface area (Å²) in [7, 11) is 4.66. The van der Waals surface area contributed by atoms with Gasteiger partial charge in [-0.3, -0.25) is 33.8 Å². The molecule has 1 amide bonds. The Labute approximate surface area is 244 Å². The molecule has 0 radical (unpaired) electrons. The predicted octanol–water partition coefficient (Wildman–Crippen LogP) is 0.640. The molecular weight excluding hydrogens is 542 g/mol. The predicted molar refractivity (Wildman–Crippen MR) is 149 cm³/mol. The van der Waals surface area contributed by atoms with Crippen molar-refractivity contribution in [3.8, 4) is 11.5 Å². The number of amides is 1. The summed E-state index contributed by atoms with van der Waals surface area (Å²) in [5.74, 6) is -9.33. The zero-order valence-corrected chi connectivity index (χ0v) is 24.3. The first-order valence-electron chi connectivity index (χ1n) is 14.9. The number of phenols is 1. The van der Waals surface area contributed by atoms with E-state index in [-0.39, 0.29) is 24.2 Å². The van der Waals surface area contributed by atoms with E-state index in [1.54, 1.807) is 14.1 Å². The second-order valence-corrected chi connectivity index (χ2v) is 13.2. The van der Waals surface area contributed by atoms with Crippen molar-refractivity contribution in [1.29, 1.82) is 0 Å². The van der Waals surface area contributed by atoms with Gasteiger partial charge in [0.05, 0.1) is 24.6 Å². The first-order valence-corrected chi connectivity index (χ1v) is 14.9. The number of rotatable bonds is 8. The molecule has 42 heavy (non-hydrogen) atoms. The van der Waals surface area contributed by atoms with Gasteiger partial charge in [-0.05, 0) is 70.5 Å². The molecule has 11 nitrogen and oxygen atoms in total. The molecule has 0 aliphatic heterocycles. The average Bonchev–Trinajstić information content (AvgIpc) is 3.69. The van der Waals surface area contributed by atoms with E-state index in [4.69, 9.17) is 10.5 Å². The van der Waals surface area contributed by atoms with Crippen LogP contribution in [0.3, 0.4) is 0 Å². The van der Waals surface area contributed by atoms with Crippen LogP contribution in [-0.2, 0) is 32.1 Å². The Hall–Kier alpha value is -3.15. The summed E-state index contributed by atoms with van der Waals surface area (Å²) < 4.78 is 5.87. The van der Waals surface area contributed by atoms with E-state index < -0.39 is 64.4 Å². The van der Waals surface area contributed by atoms with Crippen molar-refractivity contribution < 1.29 is 38.9 Å². The summed E-state index contributed by atoms with van der Waals surface area (Å²) in [6.07, 6.45) is 6.07. The number of nitrogens with zero attached hydrogens (tertiary/aromatic N) is 2. The van der Waals surface area contributed by atoms with Gasteiger partial charge in [0.15, 0.2) is 34.7 Å². The van der Waals surface area contributed by atoms with Crippen molar-refractivity contribution in [3.05, 3.63) is 22.8 Å². The highest BCUT2D eigenvalue weighted by Crippen LogP contribution is 2.52. The van der Waals surface area contributed by atoms with Gasteiger partial charge in [-0.1, -0.05) is 6.42 Å². The van der Waals surface area contributed by atoms with Crippen molar-refractivity contribution >= 4 is 29.0 Å². The molecule has 4 saturated carbocycles. The first-order chi connectivity index (χ1) is 19.9. The SMILES string of the molecule is COc1c(CN(CC2CC2)C2CCC2)cc(O)c2c1C[C@H]1C[C@H]3[C@H](N(C)C)C(=O)C(C(N)=O)C(=O)[C@@]3(O)C(=O)C1C2=O. The van der Waals surface area contributed by atoms with Crippen molar-refractivity contribution in [2.75, 3.05) is 27.7 Å². The third kappa shape index (κ3) is 4.23. The minimum absolute atomic E-state index is 0.00786. The fraction of sp³-hybridized carbons (Fsp3) is 0.645. The third-order valence-electron chi connectivity index (χ3n) is 10.4. The number of phenolic OH excluding ortho intramolecular Hbond substituents is 1. The summed E-state index contributed by atoms with van der Waals surface area (Å²) in [6, 6.07) is 0.878. The lowest BCUT2D eigenvalue weighted by Gasteiger charge is -2.52. The summed E-state index contributed by atoms with van der Waals surface area (Å²) in [4.78, 5) is 70.8. The zero-order valence-electron chi connectivity index (χ0n) is 24.3. The number of ketones is 4. The number of carbonyl (C=O) groups is 5. The van der Waals surface area contributed by atoms with Gasteiger partial charge in [-0.25, -0.2) is 0 Å². The molecule has 0 spiro atoms. The standard InChI is InChI=1S/C31H39N3O8/c1-33(2)24-19-10-15-9-18-22(25(36)21(15)28(38)31(19,41)29(39)23(26(24)37)30(32)40)20(35)11-16(27(18)42-3)13-34(12-14-7-8-14)17-5-4-6-17/h11,14-15,17,19,21,23-24,35,41H,4-10,12-13H2,1-3H3,(H2,32,40)/t15-,19-,21?,23?,24-,31-/m0/s1. The summed E-state index contributed by atoms with van der Waals surface area (Å²) >= 11 is 0. The van der Waals surface area contributed by atoms with Crippen LogP contribution in [0.5, 0.6) is 11.5 Å². The van der Waals surface area contributed by atoms with Gasteiger partial charge in [-0.2, -0.15) is 0 Å². The highest BCUT2D eigenvalue weighted by Gasteiger charge is 2.69. The molecule has 11 heteroatoms. The Morgan fingerprint density at radius 1 is 1.12 bits per heavy atom. The lowest BCUT2D eigenvalue weighted by atomic mass is 9.52. The lowest BCUT2D eigenvalue weighted by molar-refractivity contribution is -0.181. The largest absolute Gasteiger partial charge is 0.507 e. The van der Waals surface area contributed by atoms with E-state index >= 15 is 0 Å². The normalized spacial score (nSPS) is 32.9. The Balaban J connectivity index is 1.40. The van der Waals surface area contributed by atoms with Crippen LogP contribution in [0, 0.1) is 29.6 Å². The highest BCUT2D eigenvalue weighted by atomic mass is 16.5. The fourth-order valence-corrected chi connectivity index (χ4v) is 8.03. The smallest absolute Gasteiger partial charge is 0.235 e. The molecule has 1 aromatic carbocycles. The zero-order chi connectivity index (χ0) is 30.2. The molecule has 0 aromatic heterocycles. The van der Waals surface area contributed by atoms with Crippen LogP contribution < -0.4 is 10.5 Å². The van der Waals surface area contributed by atoms with Gasteiger partial charge in [0.25, 0.3) is 0 Å². The molecule has 5 aliphatic carbocycles.